The highest BCUT2D eigenvalue weighted by molar-refractivity contribution is 6.05. The minimum Gasteiger partial charge on any atom is -0.496 e. The van der Waals surface area contributed by atoms with Crippen LogP contribution >= 0.6 is 0 Å². The number of rotatable bonds is 6. The number of nitriles is 1. The molecule has 3 heterocycles. The largest absolute Gasteiger partial charge is 0.496 e. The lowest BCUT2D eigenvalue weighted by Gasteiger charge is -2.31. The fourth-order valence-corrected chi connectivity index (χ4v) is 4.28. The second-order valence-corrected chi connectivity index (χ2v) is 9.74. The van der Waals surface area contributed by atoms with Crippen LogP contribution in [0.15, 0.2) is 67.1 Å². The molecular formula is C31H32FN7O3. The number of carbonyl (C=O) groups excluding carboxylic acids is 1. The molecular weight excluding hydrogens is 537 g/mol. The number of hydrogen-bond donors (Lipinski definition) is 1. The van der Waals surface area contributed by atoms with Gasteiger partial charge in [0.25, 0.3) is 5.91 Å². The van der Waals surface area contributed by atoms with Crippen molar-refractivity contribution in [2.45, 2.75) is 0 Å². The Bertz CT molecular complexity index is 1580. The van der Waals surface area contributed by atoms with Gasteiger partial charge in [0.1, 0.15) is 17.3 Å². The van der Waals surface area contributed by atoms with E-state index in [1.54, 1.807) is 30.6 Å². The van der Waals surface area contributed by atoms with E-state index in [1.165, 1.54) is 31.5 Å². The fourth-order valence-electron chi connectivity index (χ4n) is 4.28. The van der Waals surface area contributed by atoms with Crippen molar-refractivity contribution in [2.24, 2.45) is 0 Å². The van der Waals surface area contributed by atoms with Crippen LogP contribution in [0.4, 0.5) is 15.8 Å². The summed E-state index contributed by atoms with van der Waals surface area (Å²) >= 11 is 0. The predicted octanol–water partition coefficient (Wildman–Crippen LogP) is 4.49. The van der Waals surface area contributed by atoms with Crippen LogP contribution in [0.1, 0.15) is 16.1 Å². The summed E-state index contributed by atoms with van der Waals surface area (Å²) in [6, 6.07) is 15.3. The molecule has 0 spiro atoms. The van der Waals surface area contributed by atoms with Gasteiger partial charge in [-0.15, -0.1) is 0 Å². The maximum Gasteiger partial charge on any atom is 0.274 e. The normalized spacial score (nSPS) is 12.6. The summed E-state index contributed by atoms with van der Waals surface area (Å²) in [5.41, 5.74) is 3.47. The molecule has 10 nitrogen and oxygen atoms in total. The van der Waals surface area contributed by atoms with Crippen LogP contribution in [0.5, 0.6) is 5.75 Å². The Morgan fingerprint density at radius 3 is 2.60 bits per heavy atom. The van der Waals surface area contributed by atoms with Crippen molar-refractivity contribution in [3.05, 3.63) is 84.2 Å². The molecule has 0 aliphatic carbocycles. The average molecular weight is 570 g/mol. The van der Waals surface area contributed by atoms with Gasteiger partial charge in [0, 0.05) is 37.2 Å². The molecule has 1 aliphatic heterocycles. The van der Waals surface area contributed by atoms with Gasteiger partial charge in [0.2, 0.25) is 0 Å². The number of ether oxygens (including phenoxy) is 2. The molecule has 1 aliphatic rings. The average Bonchev–Trinajstić information content (AvgIpc) is 3.01. The Morgan fingerprint density at radius 1 is 1.12 bits per heavy atom. The Balaban J connectivity index is 0.000000952. The van der Waals surface area contributed by atoms with Crippen molar-refractivity contribution in [2.75, 3.05) is 64.8 Å². The first-order chi connectivity index (χ1) is 20.3. The fraction of sp³-hybridized carbons (Fsp3) is 0.258. The van der Waals surface area contributed by atoms with Crippen LogP contribution in [-0.4, -0.2) is 80.3 Å². The van der Waals surface area contributed by atoms with E-state index in [9.17, 15) is 14.4 Å². The zero-order chi connectivity index (χ0) is 30.1. The summed E-state index contributed by atoms with van der Waals surface area (Å²) < 4.78 is 25.4. The third-order valence-corrected chi connectivity index (χ3v) is 6.16. The molecule has 0 radical (unpaired) electrons. The van der Waals surface area contributed by atoms with Crippen molar-refractivity contribution in [1.82, 2.24) is 19.9 Å². The van der Waals surface area contributed by atoms with Gasteiger partial charge in [-0.2, -0.15) is 5.26 Å². The number of carbonyl (C=O) groups is 1. The maximum absolute atomic E-state index is 14.6. The van der Waals surface area contributed by atoms with Crippen LogP contribution in [0.25, 0.3) is 22.5 Å². The Hall–Kier alpha value is -4.92. The van der Waals surface area contributed by atoms with E-state index in [-0.39, 0.29) is 22.8 Å². The summed E-state index contributed by atoms with van der Waals surface area (Å²) in [5, 5.41) is 12.5. The molecule has 0 unspecified atom stereocenters. The highest BCUT2D eigenvalue weighted by Crippen LogP contribution is 2.34. The predicted molar refractivity (Wildman–Crippen MR) is 159 cm³/mol. The van der Waals surface area contributed by atoms with E-state index in [2.05, 4.69) is 31.2 Å². The number of methoxy groups -OCH3 is 1. The SMILES string of the molecule is CN(C)C.COc1cccc(F)c1-c1nccc(C(=O)Nc2ccc(-c3cnccc3C#N)cc2N2CCOCC2)n1. The summed E-state index contributed by atoms with van der Waals surface area (Å²) in [6.45, 7) is 2.37. The molecule has 216 valence electrons. The number of hydrogen-bond acceptors (Lipinski definition) is 9. The van der Waals surface area contributed by atoms with Crippen LogP contribution < -0.4 is 15.0 Å². The van der Waals surface area contributed by atoms with E-state index < -0.39 is 11.7 Å². The number of morpholine rings is 1. The summed E-state index contributed by atoms with van der Waals surface area (Å²) in [5.74, 6) is -0.735. The molecule has 1 amide bonds. The lowest BCUT2D eigenvalue weighted by atomic mass is 10.0. The number of pyridine rings is 1. The maximum atomic E-state index is 14.6. The molecule has 0 bridgehead atoms. The quantitative estimate of drug-likeness (QED) is 0.358. The Kier molecular flexibility index (Phi) is 10.1. The van der Waals surface area contributed by atoms with Crippen molar-refractivity contribution >= 4 is 17.3 Å². The van der Waals surface area contributed by atoms with Crippen molar-refractivity contribution in [3.8, 4) is 34.3 Å². The van der Waals surface area contributed by atoms with Crippen LogP contribution in [0.3, 0.4) is 0 Å². The van der Waals surface area contributed by atoms with Crippen LogP contribution in [-0.2, 0) is 4.74 Å². The number of nitrogens with one attached hydrogen (secondary N) is 1. The van der Waals surface area contributed by atoms with Gasteiger partial charge in [0.15, 0.2) is 5.82 Å². The molecule has 4 aromatic rings. The number of anilines is 2. The number of benzene rings is 2. The van der Waals surface area contributed by atoms with E-state index in [1.807, 2.05) is 38.2 Å². The molecule has 2 aromatic carbocycles. The van der Waals surface area contributed by atoms with Crippen molar-refractivity contribution < 1.29 is 18.7 Å². The summed E-state index contributed by atoms with van der Waals surface area (Å²) in [4.78, 5) is 30.1. The molecule has 1 fully saturated rings. The van der Waals surface area contributed by atoms with Gasteiger partial charge >= 0.3 is 0 Å². The van der Waals surface area contributed by atoms with Crippen molar-refractivity contribution in [3.63, 3.8) is 0 Å². The molecule has 1 N–H and O–H groups in total. The zero-order valence-electron chi connectivity index (χ0n) is 24.0. The summed E-state index contributed by atoms with van der Waals surface area (Å²) in [7, 11) is 7.43. The van der Waals surface area contributed by atoms with Gasteiger partial charge in [0.05, 0.1) is 48.9 Å². The van der Waals surface area contributed by atoms with E-state index in [0.29, 0.717) is 43.1 Å². The molecule has 11 heteroatoms. The number of amides is 1. The Labute approximate surface area is 244 Å². The van der Waals surface area contributed by atoms with Gasteiger partial charge in [-0.05, 0) is 63.1 Å². The van der Waals surface area contributed by atoms with E-state index in [0.717, 1.165) is 11.3 Å². The molecule has 2 aromatic heterocycles. The van der Waals surface area contributed by atoms with E-state index >= 15 is 0 Å². The minimum atomic E-state index is -0.556. The molecule has 0 saturated carbocycles. The lowest BCUT2D eigenvalue weighted by molar-refractivity contribution is 0.102. The van der Waals surface area contributed by atoms with Crippen molar-refractivity contribution in [1.29, 1.82) is 5.26 Å². The monoisotopic (exact) mass is 569 g/mol. The summed E-state index contributed by atoms with van der Waals surface area (Å²) in [6.07, 6.45) is 4.63. The van der Waals surface area contributed by atoms with Crippen LogP contribution in [0, 0.1) is 17.1 Å². The van der Waals surface area contributed by atoms with Gasteiger partial charge in [-0.25, -0.2) is 14.4 Å². The second-order valence-electron chi connectivity index (χ2n) is 9.74. The molecule has 5 rings (SSSR count). The molecule has 42 heavy (non-hydrogen) atoms. The first-order valence-electron chi connectivity index (χ1n) is 13.2. The molecule has 0 atom stereocenters. The standard InChI is InChI=1S/C28H23FN6O3.C3H9N/c1-37-25-4-2-3-21(29)26(25)27-32-10-8-23(33-27)28(36)34-22-6-5-18(20-17-31-9-7-19(20)16-30)15-24(22)35-11-13-38-14-12-35;1-4(2)3/h2-10,15,17H,11-14H2,1H3,(H,34,36);1-3H3. The van der Waals surface area contributed by atoms with Gasteiger partial charge in [-0.3, -0.25) is 9.78 Å². The highest BCUT2D eigenvalue weighted by atomic mass is 19.1. The topological polar surface area (TPSA) is 116 Å². The molecule has 1 saturated heterocycles. The number of aromatic nitrogens is 3. The highest BCUT2D eigenvalue weighted by Gasteiger charge is 2.21. The Morgan fingerprint density at radius 2 is 1.88 bits per heavy atom. The van der Waals surface area contributed by atoms with Gasteiger partial charge < -0.3 is 24.6 Å². The zero-order valence-corrected chi connectivity index (χ0v) is 24.0. The van der Waals surface area contributed by atoms with Gasteiger partial charge in [-0.1, -0.05) is 12.1 Å². The first kappa shape index (κ1) is 30.0. The smallest absolute Gasteiger partial charge is 0.274 e. The third kappa shape index (κ3) is 7.23. The number of nitrogens with zero attached hydrogens (tertiary/aromatic N) is 6. The third-order valence-electron chi connectivity index (χ3n) is 6.16. The number of halogens is 1. The first-order valence-corrected chi connectivity index (χ1v) is 13.2. The lowest BCUT2D eigenvalue weighted by Crippen LogP contribution is -2.36. The van der Waals surface area contributed by atoms with Crippen LogP contribution in [0.2, 0.25) is 0 Å². The second kappa shape index (κ2) is 14.1. The van der Waals surface area contributed by atoms with E-state index in [4.69, 9.17) is 9.47 Å². The minimum absolute atomic E-state index is 0.0389.